The Morgan fingerprint density at radius 1 is 0.611 bits per heavy atom. The largest absolute Gasteiger partial charge is 0.487 e. The quantitative estimate of drug-likeness (QED) is 0.251. The molecule has 0 aliphatic rings. The summed E-state index contributed by atoms with van der Waals surface area (Å²) in [6.45, 7) is 0.511. The molecule has 0 unspecified atom stereocenters. The number of ether oxygens (including phenoxy) is 1. The van der Waals surface area contributed by atoms with E-state index in [4.69, 9.17) is 4.74 Å². The second kappa shape index (κ2) is 12.8. The maximum atomic E-state index is 12.5. The molecule has 0 aliphatic heterocycles. The molecule has 2 amide bonds. The molecule has 4 rings (SSSR count). The molecule has 0 fully saturated rings. The van der Waals surface area contributed by atoms with Crippen LogP contribution in [0.3, 0.4) is 0 Å². The van der Waals surface area contributed by atoms with Crippen molar-refractivity contribution >= 4 is 28.9 Å². The van der Waals surface area contributed by atoms with Gasteiger partial charge < -0.3 is 20.7 Å². The van der Waals surface area contributed by atoms with E-state index in [1.165, 1.54) is 0 Å². The summed E-state index contributed by atoms with van der Waals surface area (Å²) < 4.78 is 5.90. The Kier molecular flexibility index (Phi) is 8.70. The van der Waals surface area contributed by atoms with Gasteiger partial charge in [-0.1, -0.05) is 72.8 Å². The zero-order valence-electron chi connectivity index (χ0n) is 19.9. The van der Waals surface area contributed by atoms with Gasteiger partial charge in [0.05, 0.1) is 12.2 Å². The smallest absolute Gasteiger partial charge is 0.243 e. The van der Waals surface area contributed by atoms with Gasteiger partial charge in [0.15, 0.2) is 0 Å². The van der Waals surface area contributed by atoms with Gasteiger partial charge in [-0.05, 0) is 53.9 Å². The molecule has 4 aromatic rings. The molecule has 0 saturated carbocycles. The first-order chi connectivity index (χ1) is 17.7. The van der Waals surface area contributed by atoms with Crippen molar-refractivity contribution in [1.29, 1.82) is 0 Å². The lowest BCUT2D eigenvalue weighted by atomic mass is 10.1. The van der Waals surface area contributed by atoms with Crippen LogP contribution in [0.4, 0.5) is 17.1 Å². The van der Waals surface area contributed by atoms with Gasteiger partial charge in [0.25, 0.3) is 0 Å². The number of anilines is 3. The average Bonchev–Trinajstić information content (AvgIpc) is 2.92. The maximum Gasteiger partial charge on any atom is 0.243 e. The van der Waals surface area contributed by atoms with Gasteiger partial charge in [0.1, 0.15) is 12.4 Å². The number of benzene rings is 4. The molecule has 6 nitrogen and oxygen atoms in total. The van der Waals surface area contributed by atoms with E-state index in [1.807, 2.05) is 109 Å². The van der Waals surface area contributed by atoms with Crippen molar-refractivity contribution in [3.63, 3.8) is 0 Å². The van der Waals surface area contributed by atoms with Crippen LogP contribution in [0.15, 0.2) is 109 Å². The fourth-order valence-corrected chi connectivity index (χ4v) is 3.61. The molecule has 0 radical (unpaired) electrons. The highest BCUT2D eigenvalue weighted by Gasteiger charge is 2.09. The van der Waals surface area contributed by atoms with Gasteiger partial charge in [-0.15, -0.1) is 0 Å². The fraction of sp³-hybridized carbons (Fsp3) is 0.133. The molecule has 0 atom stereocenters. The standard InChI is InChI=1S/C30H29N3O3/c34-29(20-15-23-9-3-1-4-10-23)32-26-18-16-25(17-19-26)31-21-30(35)33-27-13-7-8-14-28(27)36-22-24-11-5-2-6-12-24/h1-14,16-19,31H,15,20-22H2,(H,32,34)(H,33,35). The third-order valence-corrected chi connectivity index (χ3v) is 5.50. The van der Waals surface area contributed by atoms with Crippen molar-refractivity contribution in [2.24, 2.45) is 0 Å². The molecule has 182 valence electrons. The lowest BCUT2D eigenvalue weighted by molar-refractivity contribution is -0.116. The molecule has 0 aliphatic carbocycles. The van der Waals surface area contributed by atoms with Crippen LogP contribution in [0.1, 0.15) is 17.5 Å². The van der Waals surface area contributed by atoms with E-state index in [9.17, 15) is 9.59 Å². The highest BCUT2D eigenvalue weighted by molar-refractivity contribution is 5.95. The minimum Gasteiger partial charge on any atom is -0.487 e. The Morgan fingerprint density at radius 2 is 1.22 bits per heavy atom. The monoisotopic (exact) mass is 479 g/mol. The van der Waals surface area contributed by atoms with E-state index in [0.717, 1.165) is 16.8 Å². The third kappa shape index (κ3) is 7.74. The second-order valence-corrected chi connectivity index (χ2v) is 8.28. The summed E-state index contributed by atoms with van der Waals surface area (Å²) in [5.74, 6) is 0.387. The topological polar surface area (TPSA) is 79.5 Å². The number of para-hydroxylation sites is 2. The fourth-order valence-electron chi connectivity index (χ4n) is 3.61. The van der Waals surface area contributed by atoms with Crippen molar-refractivity contribution in [2.45, 2.75) is 19.4 Å². The van der Waals surface area contributed by atoms with E-state index in [2.05, 4.69) is 16.0 Å². The molecule has 4 aromatic carbocycles. The lowest BCUT2D eigenvalue weighted by Gasteiger charge is -2.13. The highest BCUT2D eigenvalue weighted by Crippen LogP contribution is 2.25. The minimum atomic E-state index is -0.191. The van der Waals surface area contributed by atoms with Crippen LogP contribution in [0.2, 0.25) is 0 Å². The zero-order chi connectivity index (χ0) is 25.0. The highest BCUT2D eigenvalue weighted by atomic mass is 16.5. The predicted octanol–water partition coefficient (Wildman–Crippen LogP) is 5.89. The number of hydrogen-bond acceptors (Lipinski definition) is 4. The first-order valence-electron chi connectivity index (χ1n) is 11.9. The summed E-state index contributed by atoms with van der Waals surface area (Å²) in [5.41, 5.74) is 4.30. The van der Waals surface area contributed by atoms with E-state index in [-0.39, 0.29) is 18.4 Å². The first-order valence-corrected chi connectivity index (χ1v) is 11.9. The Morgan fingerprint density at radius 3 is 1.94 bits per heavy atom. The Balaban J connectivity index is 1.22. The van der Waals surface area contributed by atoms with E-state index < -0.39 is 0 Å². The van der Waals surface area contributed by atoms with Crippen LogP contribution in [0.25, 0.3) is 0 Å². The van der Waals surface area contributed by atoms with Crippen LogP contribution in [0.5, 0.6) is 5.75 Å². The number of hydrogen-bond donors (Lipinski definition) is 3. The minimum absolute atomic E-state index is 0.0351. The summed E-state index contributed by atoms with van der Waals surface area (Å²) in [4.78, 5) is 24.8. The summed E-state index contributed by atoms with van der Waals surface area (Å²) in [6, 6.07) is 34.5. The van der Waals surface area contributed by atoms with E-state index in [0.29, 0.717) is 36.6 Å². The van der Waals surface area contributed by atoms with Crippen LogP contribution in [-0.4, -0.2) is 18.4 Å². The van der Waals surface area contributed by atoms with Gasteiger partial charge in [0.2, 0.25) is 11.8 Å². The number of amides is 2. The molecule has 0 spiro atoms. The van der Waals surface area contributed by atoms with Crippen molar-refractivity contribution in [3.05, 3.63) is 120 Å². The average molecular weight is 480 g/mol. The summed E-state index contributed by atoms with van der Waals surface area (Å²) in [7, 11) is 0. The molecule has 0 bridgehead atoms. The number of aryl methyl sites for hydroxylation is 1. The van der Waals surface area contributed by atoms with Gasteiger partial charge >= 0.3 is 0 Å². The molecule has 36 heavy (non-hydrogen) atoms. The zero-order valence-corrected chi connectivity index (χ0v) is 19.9. The normalized spacial score (nSPS) is 10.3. The SMILES string of the molecule is O=C(CCc1ccccc1)Nc1ccc(NCC(=O)Nc2ccccc2OCc2ccccc2)cc1. The van der Waals surface area contributed by atoms with Gasteiger partial charge in [0, 0.05) is 17.8 Å². The number of rotatable bonds is 11. The number of nitrogens with one attached hydrogen (secondary N) is 3. The van der Waals surface area contributed by atoms with Crippen molar-refractivity contribution in [2.75, 3.05) is 22.5 Å². The van der Waals surface area contributed by atoms with Crippen LogP contribution in [-0.2, 0) is 22.6 Å². The molecule has 6 heteroatoms. The Labute approximate surface area is 211 Å². The van der Waals surface area contributed by atoms with Crippen LogP contribution >= 0.6 is 0 Å². The van der Waals surface area contributed by atoms with Crippen LogP contribution in [0, 0.1) is 0 Å². The van der Waals surface area contributed by atoms with Crippen molar-refractivity contribution in [3.8, 4) is 5.75 Å². The van der Waals surface area contributed by atoms with Crippen LogP contribution < -0.4 is 20.7 Å². The Bertz CT molecular complexity index is 1260. The molecular weight excluding hydrogens is 450 g/mol. The first kappa shape index (κ1) is 24.5. The van der Waals surface area contributed by atoms with E-state index >= 15 is 0 Å². The molecule has 0 aromatic heterocycles. The summed E-state index contributed by atoms with van der Waals surface area (Å²) >= 11 is 0. The molecule has 3 N–H and O–H groups in total. The summed E-state index contributed by atoms with van der Waals surface area (Å²) in [6.07, 6.45) is 1.11. The predicted molar refractivity (Wildman–Crippen MR) is 144 cm³/mol. The van der Waals surface area contributed by atoms with Gasteiger partial charge in [-0.2, -0.15) is 0 Å². The summed E-state index contributed by atoms with van der Waals surface area (Å²) in [5, 5.41) is 8.91. The number of carbonyl (C=O) groups excluding carboxylic acids is 2. The molecule has 0 saturated heterocycles. The Hall–Kier alpha value is -4.58. The van der Waals surface area contributed by atoms with Gasteiger partial charge in [-0.25, -0.2) is 0 Å². The van der Waals surface area contributed by atoms with Crippen molar-refractivity contribution in [1.82, 2.24) is 0 Å². The molecule has 0 heterocycles. The second-order valence-electron chi connectivity index (χ2n) is 8.28. The van der Waals surface area contributed by atoms with Crippen molar-refractivity contribution < 1.29 is 14.3 Å². The third-order valence-electron chi connectivity index (χ3n) is 5.50. The molecular formula is C30H29N3O3. The number of carbonyl (C=O) groups is 2. The maximum absolute atomic E-state index is 12.5. The van der Waals surface area contributed by atoms with Gasteiger partial charge in [-0.3, -0.25) is 9.59 Å². The van der Waals surface area contributed by atoms with E-state index in [1.54, 1.807) is 0 Å². The lowest BCUT2D eigenvalue weighted by Crippen LogP contribution is -2.22.